The molecule has 0 aromatic carbocycles. The Morgan fingerprint density at radius 3 is 2.53 bits per heavy atom. The summed E-state index contributed by atoms with van der Waals surface area (Å²) < 4.78 is 19.6. The van der Waals surface area contributed by atoms with Crippen molar-refractivity contribution in [3.63, 3.8) is 0 Å². The van der Waals surface area contributed by atoms with Crippen molar-refractivity contribution in [1.82, 2.24) is 9.13 Å². The third-order valence-electron chi connectivity index (χ3n) is 3.06. The Balaban J connectivity index is 2.50. The van der Waals surface area contributed by atoms with Gasteiger partial charge in [0.25, 0.3) is 5.56 Å². The SMILES string of the molecule is Cn1c(=O)c(F)cn(C2O[C@H](CO)[C@@H](O)[C@@H]2O)c1=O. The van der Waals surface area contributed by atoms with E-state index in [4.69, 9.17) is 9.84 Å². The highest BCUT2D eigenvalue weighted by molar-refractivity contribution is 4.95. The van der Waals surface area contributed by atoms with Crippen molar-refractivity contribution in [3.8, 4) is 0 Å². The van der Waals surface area contributed by atoms with Crippen molar-refractivity contribution in [1.29, 1.82) is 0 Å². The molecule has 1 saturated heterocycles. The largest absolute Gasteiger partial charge is 0.394 e. The molecular weight excluding hydrogens is 263 g/mol. The molecule has 0 bridgehead atoms. The maximum Gasteiger partial charge on any atom is 0.333 e. The molecule has 1 fully saturated rings. The summed E-state index contributed by atoms with van der Waals surface area (Å²) >= 11 is 0. The van der Waals surface area contributed by atoms with Gasteiger partial charge in [0.2, 0.25) is 5.82 Å². The van der Waals surface area contributed by atoms with Crippen molar-refractivity contribution in [2.24, 2.45) is 7.05 Å². The highest BCUT2D eigenvalue weighted by Gasteiger charge is 2.44. The van der Waals surface area contributed by atoms with Gasteiger partial charge in [0.1, 0.15) is 18.3 Å². The van der Waals surface area contributed by atoms with Gasteiger partial charge in [-0.15, -0.1) is 0 Å². The molecule has 1 aromatic heterocycles. The molecule has 19 heavy (non-hydrogen) atoms. The van der Waals surface area contributed by atoms with Crippen LogP contribution in [0.2, 0.25) is 0 Å². The summed E-state index contributed by atoms with van der Waals surface area (Å²) in [6.07, 6.45) is -4.80. The number of aliphatic hydroxyl groups is 3. The predicted molar refractivity (Wildman–Crippen MR) is 58.9 cm³/mol. The molecule has 9 heteroatoms. The lowest BCUT2D eigenvalue weighted by atomic mass is 10.1. The van der Waals surface area contributed by atoms with Crippen LogP contribution in [0.15, 0.2) is 15.8 Å². The number of nitrogens with zero attached hydrogens (tertiary/aromatic N) is 2. The number of rotatable bonds is 2. The van der Waals surface area contributed by atoms with Crippen LogP contribution in [0, 0.1) is 5.82 Å². The summed E-state index contributed by atoms with van der Waals surface area (Å²) in [7, 11) is 1.07. The third kappa shape index (κ3) is 2.10. The van der Waals surface area contributed by atoms with E-state index < -0.39 is 48.2 Å². The van der Waals surface area contributed by atoms with Gasteiger partial charge in [-0.05, 0) is 0 Å². The topological polar surface area (TPSA) is 114 Å². The Morgan fingerprint density at radius 2 is 2.00 bits per heavy atom. The Labute approximate surface area is 105 Å². The first kappa shape index (κ1) is 13.9. The molecule has 4 atom stereocenters. The fourth-order valence-electron chi connectivity index (χ4n) is 1.94. The van der Waals surface area contributed by atoms with Crippen molar-refractivity contribution in [3.05, 3.63) is 32.9 Å². The summed E-state index contributed by atoms with van der Waals surface area (Å²) in [5.41, 5.74) is -2.01. The average Bonchev–Trinajstić information content (AvgIpc) is 2.68. The first-order chi connectivity index (χ1) is 8.88. The summed E-state index contributed by atoms with van der Waals surface area (Å²) in [6.45, 7) is -0.572. The van der Waals surface area contributed by atoms with E-state index in [0.717, 1.165) is 7.05 Å². The molecule has 2 rings (SSSR count). The van der Waals surface area contributed by atoms with Gasteiger partial charge in [-0.25, -0.2) is 4.79 Å². The molecule has 0 spiro atoms. The van der Waals surface area contributed by atoms with E-state index >= 15 is 0 Å². The van der Waals surface area contributed by atoms with Gasteiger partial charge in [-0.2, -0.15) is 4.39 Å². The summed E-state index contributed by atoms with van der Waals surface area (Å²) in [4.78, 5) is 23.0. The quantitative estimate of drug-likeness (QED) is 0.541. The molecule has 106 valence electrons. The number of ether oxygens (including phenoxy) is 1. The summed E-state index contributed by atoms with van der Waals surface area (Å²) in [5, 5.41) is 28.2. The van der Waals surface area contributed by atoms with Crippen LogP contribution < -0.4 is 11.2 Å². The molecule has 1 aliphatic heterocycles. The van der Waals surface area contributed by atoms with E-state index in [2.05, 4.69) is 0 Å². The monoisotopic (exact) mass is 276 g/mol. The van der Waals surface area contributed by atoms with Crippen molar-refractivity contribution in [2.45, 2.75) is 24.5 Å². The van der Waals surface area contributed by atoms with Gasteiger partial charge < -0.3 is 20.1 Å². The molecular formula is C10H13FN2O6. The number of hydrogen-bond donors (Lipinski definition) is 3. The number of aromatic nitrogens is 2. The highest BCUT2D eigenvalue weighted by Crippen LogP contribution is 2.27. The molecule has 1 unspecified atom stereocenters. The van der Waals surface area contributed by atoms with Gasteiger partial charge in [-0.3, -0.25) is 13.9 Å². The standard InChI is InChI=1S/C10H13FN2O6/c1-12-8(17)4(11)2-13(10(12)18)9-7(16)6(15)5(3-14)19-9/h2,5-7,9,14-16H,3H2,1H3/t5-,6-,7+,9?/m1/s1. The van der Waals surface area contributed by atoms with Crippen LogP contribution in [0.25, 0.3) is 0 Å². The molecule has 0 radical (unpaired) electrons. The second-order valence-electron chi connectivity index (χ2n) is 4.26. The van der Waals surface area contributed by atoms with E-state index in [-0.39, 0.29) is 0 Å². The van der Waals surface area contributed by atoms with Crippen LogP contribution >= 0.6 is 0 Å². The van der Waals surface area contributed by atoms with Gasteiger partial charge in [0.05, 0.1) is 12.8 Å². The van der Waals surface area contributed by atoms with Gasteiger partial charge in [0, 0.05) is 7.05 Å². The Morgan fingerprint density at radius 1 is 1.37 bits per heavy atom. The minimum atomic E-state index is -1.52. The summed E-state index contributed by atoms with van der Waals surface area (Å²) in [6, 6.07) is 0. The fraction of sp³-hybridized carbons (Fsp3) is 0.600. The van der Waals surface area contributed by atoms with Crippen LogP contribution in [-0.4, -0.2) is 49.4 Å². The van der Waals surface area contributed by atoms with Crippen LogP contribution in [0.1, 0.15) is 6.23 Å². The maximum absolute atomic E-state index is 13.3. The number of aliphatic hydroxyl groups excluding tert-OH is 3. The van der Waals surface area contributed by atoms with Crippen LogP contribution in [0.5, 0.6) is 0 Å². The van der Waals surface area contributed by atoms with E-state index in [9.17, 15) is 24.2 Å². The lowest BCUT2D eigenvalue weighted by molar-refractivity contribution is -0.0559. The van der Waals surface area contributed by atoms with Gasteiger partial charge in [0.15, 0.2) is 6.23 Å². The van der Waals surface area contributed by atoms with E-state index in [1.54, 1.807) is 0 Å². The second kappa shape index (κ2) is 4.85. The average molecular weight is 276 g/mol. The molecule has 0 saturated carbocycles. The zero-order chi connectivity index (χ0) is 14.3. The van der Waals surface area contributed by atoms with E-state index in [1.807, 2.05) is 0 Å². The van der Waals surface area contributed by atoms with E-state index in [0.29, 0.717) is 15.3 Å². The molecule has 0 amide bonds. The number of halogens is 1. The zero-order valence-corrected chi connectivity index (χ0v) is 9.93. The minimum absolute atomic E-state index is 0.518. The molecule has 1 aliphatic rings. The second-order valence-corrected chi connectivity index (χ2v) is 4.26. The zero-order valence-electron chi connectivity index (χ0n) is 9.93. The Bertz CT molecular complexity index is 597. The third-order valence-corrected chi connectivity index (χ3v) is 3.06. The van der Waals surface area contributed by atoms with Crippen molar-refractivity contribution in [2.75, 3.05) is 6.61 Å². The van der Waals surface area contributed by atoms with E-state index in [1.165, 1.54) is 0 Å². The lowest BCUT2D eigenvalue weighted by Gasteiger charge is -2.18. The Kier molecular flexibility index (Phi) is 3.54. The Hall–Kier alpha value is -1.55. The van der Waals surface area contributed by atoms with Gasteiger partial charge in [-0.1, -0.05) is 0 Å². The first-order valence-electron chi connectivity index (χ1n) is 5.48. The number of hydrogen-bond acceptors (Lipinski definition) is 6. The van der Waals surface area contributed by atoms with Crippen LogP contribution in [0.3, 0.4) is 0 Å². The molecule has 1 aromatic rings. The fourth-order valence-corrected chi connectivity index (χ4v) is 1.94. The first-order valence-corrected chi connectivity index (χ1v) is 5.48. The van der Waals surface area contributed by atoms with Crippen LogP contribution in [0.4, 0.5) is 4.39 Å². The molecule has 0 aliphatic carbocycles. The molecule has 8 nitrogen and oxygen atoms in total. The normalized spacial score (nSPS) is 30.8. The van der Waals surface area contributed by atoms with Crippen molar-refractivity contribution >= 4 is 0 Å². The van der Waals surface area contributed by atoms with Crippen LogP contribution in [-0.2, 0) is 11.8 Å². The molecule has 3 N–H and O–H groups in total. The lowest BCUT2D eigenvalue weighted by Crippen LogP contribution is -2.43. The predicted octanol–water partition coefficient (Wildman–Crippen LogP) is -2.70. The highest BCUT2D eigenvalue weighted by atomic mass is 19.1. The smallest absolute Gasteiger partial charge is 0.333 e. The minimum Gasteiger partial charge on any atom is -0.394 e. The van der Waals surface area contributed by atoms with Gasteiger partial charge >= 0.3 is 5.69 Å². The molecule has 2 heterocycles. The maximum atomic E-state index is 13.3. The van der Waals surface area contributed by atoms with Crippen molar-refractivity contribution < 1.29 is 24.4 Å². The summed E-state index contributed by atoms with van der Waals surface area (Å²) in [5.74, 6) is -1.19.